The number of aromatic nitrogens is 3. The van der Waals surface area contributed by atoms with Gasteiger partial charge in [-0.25, -0.2) is 23.5 Å². The van der Waals surface area contributed by atoms with Gasteiger partial charge in [-0.05, 0) is 69.1 Å². The Morgan fingerprint density at radius 1 is 1.08 bits per heavy atom. The molecule has 2 aromatic heterocycles. The quantitative estimate of drug-likeness (QED) is 0.284. The number of anilines is 2. The molecular weight excluding hydrogens is 502 g/mol. The Kier molecular flexibility index (Phi) is 7.32. The van der Waals surface area contributed by atoms with Crippen LogP contribution < -0.4 is 21.1 Å². The number of primary sulfonamides is 1. The molecule has 1 fully saturated rings. The fourth-order valence-electron chi connectivity index (χ4n) is 4.67. The first-order valence-electron chi connectivity index (χ1n) is 12.4. The molecule has 5 rings (SSSR count). The maximum atomic E-state index is 13.0. The largest absolute Gasteiger partial charge is 0.349 e. The van der Waals surface area contributed by atoms with Crippen molar-refractivity contribution in [1.82, 2.24) is 25.6 Å². The Hall–Kier alpha value is -3.93. The molecule has 1 atom stereocenters. The van der Waals surface area contributed by atoms with Crippen molar-refractivity contribution in [1.29, 1.82) is 0 Å². The minimum atomic E-state index is -3.78. The molecule has 0 bridgehead atoms. The smallest absolute Gasteiger partial charge is 0.253 e. The topological polar surface area (TPSA) is 152 Å². The standard InChI is InChI=1S/C27H29N7O3S/c1-17(18-9-11-29-12-10-18)32-26(35)21-13-20(14-30-15-21)24-4-2-3-19-16-31-27(34-25(19)24)33-22-5-7-23(8-6-22)38(28,36)37/h2-8,13-18,29H,9-12H2,1H3,(H,32,35)(H2,28,36,37)(H,31,33,34). The van der Waals surface area contributed by atoms with Gasteiger partial charge in [0, 0.05) is 46.8 Å². The Morgan fingerprint density at radius 3 is 2.58 bits per heavy atom. The Labute approximate surface area is 221 Å². The molecule has 1 saturated heterocycles. The first-order valence-corrected chi connectivity index (χ1v) is 14.0. The molecule has 2 aromatic carbocycles. The zero-order chi connectivity index (χ0) is 26.7. The monoisotopic (exact) mass is 531 g/mol. The lowest BCUT2D eigenvalue weighted by molar-refractivity contribution is 0.0920. The highest BCUT2D eigenvalue weighted by Gasteiger charge is 2.22. The molecule has 0 spiro atoms. The fourth-order valence-corrected chi connectivity index (χ4v) is 5.19. The molecule has 1 aliphatic heterocycles. The summed E-state index contributed by atoms with van der Waals surface area (Å²) < 4.78 is 23.0. The zero-order valence-corrected chi connectivity index (χ0v) is 21.7. The van der Waals surface area contributed by atoms with Crippen molar-refractivity contribution in [2.75, 3.05) is 18.4 Å². The number of sulfonamides is 1. The summed E-state index contributed by atoms with van der Waals surface area (Å²) >= 11 is 0. The highest BCUT2D eigenvalue weighted by Crippen LogP contribution is 2.28. The van der Waals surface area contributed by atoms with E-state index in [1.165, 1.54) is 12.1 Å². The molecule has 0 saturated carbocycles. The van der Waals surface area contributed by atoms with Crippen LogP contribution in [-0.2, 0) is 10.0 Å². The molecule has 1 amide bonds. The third-order valence-corrected chi connectivity index (χ3v) is 7.74. The summed E-state index contributed by atoms with van der Waals surface area (Å²) in [5.41, 5.74) is 3.36. The van der Waals surface area contributed by atoms with Crippen LogP contribution in [-0.4, -0.2) is 48.4 Å². The van der Waals surface area contributed by atoms with Crippen LogP contribution in [0.4, 0.5) is 11.6 Å². The molecule has 4 aromatic rings. The van der Waals surface area contributed by atoms with Gasteiger partial charge in [0.15, 0.2) is 0 Å². The first kappa shape index (κ1) is 25.7. The van der Waals surface area contributed by atoms with Crippen molar-refractivity contribution in [3.8, 4) is 11.1 Å². The van der Waals surface area contributed by atoms with E-state index in [0.717, 1.165) is 42.4 Å². The van der Waals surface area contributed by atoms with Gasteiger partial charge in [0.1, 0.15) is 0 Å². The molecule has 3 heterocycles. The van der Waals surface area contributed by atoms with Crippen LogP contribution in [0.3, 0.4) is 0 Å². The molecule has 1 unspecified atom stereocenters. The summed E-state index contributed by atoms with van der Waals surface area (Å²) in [6.45, 7) is 4.01. The third-order valence-electron chi connectivity index (χ3n) is 6.81. The normalized spacial score (nSPS) is 15.2. The highest BCUT2D eigenvalue weighted by atomic mass is 32.2. The number of piperidine rings is 1. The number of nitrogens with one attached hydrogen (secondary N) is 3. The fraction of sp³-hybridized carbons (Fsp3) is 0.259. The van der Waals surface area contributed by atoms with E-state index in [2.05, 4.69) is 32.8 Å². The van der Waals surface area contributed by atoms with Crippen LogP contribution in [0.1, 0.15) is 30.1 Å². The van der Waals surface area contributed by atoms with E-state index in [1.54, 1.807) is 30.7 Å². The number of amides is 1. The van der Waals surface area contributed by atoms with E-state index in [1.807, 2.05) is 24.3 Å². The number of carbonyl (C=O) groups is 1. The summed E-state index contributed by atoms with van der Waals surface area (Å²) in [6, 6.07) is 13.7. The van der Waals surface area contributed by atoms with Gasteiger partial charge < -0.3 is 16.0 Å². The summed E-state index contributed by atoms with van der Waals surface area (Å²) in [5.74, 6) is 0.643. The summed E-state index contributed by atoms with van der Waals surface area (Å²) in [5, 5.41) is 15.6. The number of hydrogen-bond acceptors (Lipinski definition) is 8. The maximum absolute atomic E-state index is 13.0. The first-order chi connectivity index (χ1) is 18.3. The zero-order valence-electron chi connectivity index (χ0n) is 20.9. The Bertz CT molecular complexity index is 1570. The van der Waals surface area contributed by atoms with E-state index in [-0.39, 0.29) is 16.8 Å². The Balaban J connectivity index is 1.39. The number of fused-ring (bicyclic) bond motifs is 1. The summed E-state index contributed by atoms with van der Waals surface area (Å²) in [6.07, 6.45) is 7.08. The number of hydrogen-bond donors (Lipinski definition) is 4. The van der Waals surface area contributed by atoms with Crippen LogP contribution in [0.2, 0.25) is 0 Å². The number of rotatable bonds is 7. The average Bonchev–Trinajstić information content (AvgIpc) is 2.93. The maximum Gasteiger partial charge on any atom is 0.253 e. The van der Waals surface area contributed by atoms with Crippen molar-refractivity contribution in [3.63, 3.8) is 0 Å². The molecule has 11 heteroatoms. The van der Waals surface area contributed by atoms with Gasteiger partial charge in [-0.1, -0.05) is 18.2 Å². The Morgan fingerprint density at radius 2 is 1.84 bits per heavy atom. The second-order valence-electron chi connectivity index (χ2n) is 9.44. The van der Waals surface area contributed by atoms with Gasteiger partial charge >= 0.3 is 0 Å². The predicted octanol–water partition coefficient (Wildman–Crippen LogP) is 3.20. The van der Waals surface area contributed by atoms with Crippen molar-refractivity contribution >= 4 is 38.5 Å². The molecule has 1 aliphatic rings. The lowest BCUT2D eigenvalue weighted by Gasteiger charge is -2.28. The number of carbonyl (C=O) groups excluding carboxylic acids is 1. The number of nitrogens with zero attached hydrogens (tertiary/aromatic N) is 3. The van der Waals surface area contributed by atoms with E-state index in [9.17, 15) is 13.2 Å². The van der Waals surface area contributed by atoms with Crippen LogP contribution in [0.15, 0.2) is 72.0 Å². The van der Waals surface area contributed by atoms with Crippen LogP contribution >= 0.6 is 0 Å². The van der Waals surface area contributed by atoms with Gasteiger partial charge in [-0.3, -0.25) is 9.78 Å². The van der Waals surface area contributed by atoms with E-state index < -0.39 is 10.0 Å². The van der Waals surface area contributed by atoms with Crippen molar-refractivity contribution < 1.29 is 13.2 Å². The van der Waals surface area contributed by atoms with Crippen LogP contribution in [0.5, 0.6) is 0 Å². The molecule has 10 nitrogen and oxygen atoms in total. The summed E-state index contributed by atoms with van der Waals surface area (Å²) in [4.78, 5) is 26.5. The minimum absolute atomic E-state index is 0.0197. The van der Waals surface area contributed by atoms with Gasteiger partial charge in [-0.2, -0.15) is 0 Å². The number of para-hydroxylation sites is 1. The van der Waals surface area contributed by atoms with E-state index >= 15 is 0 Å². The lowest BCUT2D eigenvalue weighted by atomic mass is 9.91. The average molecular weight is 532 g/mol. The van der Waals surface area contributed by atoms with Gasteiger partial charge in [0.25, 0.3) is 5.91 Å². The molecule has 0 radical (unpaired) electrons. The predicted molar refractivity (Wildman–Crippen MR) is 146 cm³/mol. The van der Waals surface area contributed by atoms with Crippen molar-refractivity contribution in [2.24, 2.45) is 11.1 Å². The highest BCUT2D eigenvalue weighted by molar-refractivity contribution is 7.89. The third kappa shape index (κ3) is 5.80. The molecule has 0 aliphatic carbocycles. The SMILES string of the molecule is CC(NC(=O)c1cncc(-c2cccc3cnc(Nc4ccc(S(N)(=O)=O)cc4)nc23)c1)C1CCNCC1. The number of pyridine rings is 1. The lowest BCUT2D eigenvalue weighted by Crippen LogP contribution is -2.42. The second kappa shape index (κ2) is 10.8. The van der Waals surface area contributed by atoms with E-state index in [0.29, 0.717) is 28.6 Å². The molecule has 38 heavy (non-hydrogen) atoms. The van der Waals surface area contributed by atoms with Crippen LogP contribution in [0.25, 0.3) is 22.0 Å². The minimum Gasteiger partial charge on any atom is -0.349 e. The molecule has 196 valence electrons. The van der Waals surface area contributed by atoms with Crippen molar-refractivity contribution in [2.45, 2.75) is 30.7 Å². The van der Waals surface area contributed by atoms with Crippen molar-refractivity contribution in [3.05, 3.63) is 72.7 Å². The second-order valence-corrected chi connectivity index (χ2v) is 11.0. The van der Waals surface area contributed by atoms with Gasteiger partial charge in [0.2, 0.25) is 16.0 Å². The van der Waals surface area contributed by atoms with E-state index in [4.69, 9.17) is 10.1 Å². The van der Waals surface area contributed by atoms with Crippen LogP contribution in [0, 0.1) is 5.92 Å². The number of benzene rings is 2. The summed E-state index contributed by atoms with van der Waals surface area (Å²) in [7, 11) is -3.78. The number of nitrogens with two attached hydrogens (primary N) is 1. The molecule has 5 N–H and O–H groups in total. The van der Waals surface area contributed by atoms with Gasteiger partial charge in [-0.15, -0.1) is 0 Å². The molecular formula is C27H29N7O3S. The van der Waals surface area contributed by atoms with Gasteiger partial charge in [0.05, 0.1) is 16.0 Å².